The van der Waals surface area contributed by atoms with Crippen molar-refractivity contribution in [1.82, 2.24) is 5.16 Å². The molecule has 0 fully saturated rings. The molecule has 3 rings (SSSR count). The standard InChI is InChI=1S/C19H18N2O5S/c1-12(19(22)25-2)18-16(13-8-10-15(11-9-13)27(20,23)24)17(21-26-18)14-6-4-3-5-7-14/h3-12H,1-2H3,(H2,20,23,24). The molecule has 0 saturated carbocycles. The number of carbonyl (C=O) groups is 1. The summed E-state index contributed by atoms with van der Waals surface area (Å²) in [5, 5.41) is 9.31. The van der Waals surface area contributed by atoms with Gasteiger partial charge in [-0.05, 0) is 24.6 Å². The largest absolute Gasteiger partial charge is 0.468 e. The van der Waals surface area contributed by atoms with Crippen LogP contribution in [-0.2, 0) is 19.6 Å². The number of hydrogen-bond acceptors (Lipinski definition) is 6. The number of carbonyl (C=O) groups excluding carboxylic acids is 1. The molecule has 2 N–H and O–H groups in total. The molecular weight excluding hydrogens is 368 g/mol. The minimum Gasteiger partial charge on any atom is -0.468 e. The molecule has 1 aromatic heterocycles. The van der Waals surface area contributed by atoms with E-state index in [1.165, 1.54) is 19.2 Å². The lowest BCUT2D eigenvalue weighted by atomic mass is 9.94. The van der Waals surface area contributed by atoms with Crippen LogP contribution in [0.1, 0.15) is 18.6 Å². The fourth-order valence-corrected chi connectivity index (χ4v) is 3.28. The fourth-order valence-electron chi connectivity index (χ4n) is 2.77. The third-order valence-corrected chi connectivity index (χ3v) is 5.11. The molecule has 0 saturated heterocycles. The zero-order valence-corrected chi connectivity index (χ0v) is 15.6. The Morgan fingerprint density at radius 2 is 1.70 bits per heavy atom. The van der Waals surface area contributed by atoms with Crippen LogP contribution < -0.4 is 5.14 Å². The number of nitrogens with zero attached hydrogens (tertiary/aromatic N) is 1. The van der Waals surface area contributed by atoms with Crippen LogP contribution in [0.2, 0.25) is 0 Å². The summed E-state index contributed by atoms with van der Waals surface area (Å²) in [6.07, 6.45) is 0. The maximum atomic E-state index is 12.0. The number of rotatable bonds is 5. The third kappa shape index (κ3) is 3.76. The zero-order valence-electron chi connectivity index (χ0n) is 14.7. The van der Waals surface area contributed by atoms with Gasteiger partial charge in [-0.25, -0.2) is 13.6 Å². The van der Waals surface area contributed by atoms with Crippen molar-refractivity contribution in [2.75, 3.05) is 7.11 Å². The van der Waals surface area contributed by atoms with Crippen LogP contribution >= 0.6 is 0 Å². The third-order valence-electron chi connectivity index (χ3n) is 4.19. The van der Waals surface area contributed by atoms with Gasteiger partial charge in [0.05, 0.1) is 17.6 Å². The Morgan fingerprint density at radius 1 is 1.07 bits per heavy atom. The second-order valence-electron chi connectivity index (χ2n) is 5.95. The van der Waals surface area contributed by atoms with Gasteiger partial charge in [0.2, 0.25) is 10.0 Å². The number of nitrogens with two attached hydrogens (primary N) is 1. The van der Waals surface area contributed by atoms with Crippen LogP contribution in [0.3, 0.4) is 0 Å². The molecule has 0 spiro atoms. The summed E-state index contributed by atoms with van der Waals surface area (Å²) in [5.41, 5.74) is 2.59. The lowest BCUT2D eigenvalue weighted by Crippen LogP contribution is -2.12. The smallest absolute Gasteiger partial charge is 0.316 e. The quantitative estimate of drug-likeness (QED) is 0.675. The molecule has 2 aromatic carbocycles. The summed E-state index contributed by atoms with van der Waals surface area (Å²) in [4.78, 5) is 12.0. The predicted octanol–water partition coefficient (Wildman–Crippen LogP) is 2.93. The van der Waals surface area contributed by atoms with E-state index in [1.807, 2.05) is 30.3 Å². The first-order valence-electron chi connectivity index (χ1n) is 8.09. The van der Waals surface area contributed by atoms with E-state index in [4.69, 9.17) is 14.4 Å². The van der Waals surface area contributed by atoms with Crippen LogP contribution in [0.5, 0.6) is 0 Å². The van der Waals surface area contributed by atoms with Crippen LogP contribution in [0.25, 0.3) is 22.4 Å². The maximum absolute atomic E-state index is 12.0. The summed E-state index contributed by atoms with van der Waals surface area (Å²) in [6.45, 7) is 1.66. The molecule has 140 valence electrons. The summed E-state index contributed by atoms with van der Waals surface area (Å²) < 4.78 is 33.3. The Balaban J connectivity index is 2.19. The van der Waals surface area contributed by atoms with Gasteiger partial charge in [-0.15, -0.1) is 0 Å². The monoisotopic (exact) mass is 386 g/mol. The second-order valence-corrected chi connectivity index (χ2v) is 7.51. The Morgan fingerprint density at radius 3 is 2.26 bits per heavy atom. The molecule has 8 heteroatoms. The Labute approximate surface area is 156 Å². The van der Waals surface area contributed by atoms with Crippen LogP contribution in [0.15, 0.2) is 64.0 Å². The number of esters is 1. The first-order valence-corrected chi connectivity index (χ1v) is 9.63. The molecular formula is C19H18N2O5S. The number of methoxy groups -OCH3 is 1. The van der Waals surface area contributed by atoms with Gasteiger partial charge in [0.25, 0.3) is 0 Å². The number of ether oxygens (including phenoxy) is 1. The van der Waals surface area contributed by atoms with E-state index < -0.39 is 21.9 Å². The van der Waals surface area contributed by atoms with Crippen molar-refractivity contribution in [3.8, 4) is 22.4 Å². The van der Waals surface area contributed by atoms with Crippen LogP contribution in [0, 0.1) is 0 Å². The van der Waals surface area contributed by atoms with E-state index in [1.54, 1.807) is 19.1 Å². The summed E-state index contributed by atoms with van der Waals surface area (Å²) >= 11 is 0. The van der Waals surface area contributed by atoms with Crippen molar-refractivity contribution in [3.63, 3.8) is 0 Å². The molecule has 1 heterocycles. The average molecular weight is 386 g/mol. The van der Waals surface area contributed by atoms with E-state index in [-0.39, 0.29) is 4.90 Å². The van der Waals surface area contributed by atoms with Crippen molar-refractivity contribution in [3.05, 3.63) is 60.4 Å². The molecule has 1 atom stereocenters. The zero-order chi connectivity index (χ0) is 19.6. The molecule has 0 radical (unpaired) electrons. The van der Waals surface area contributed by atoms with Gasteiger partial charge < -0.3 is 9.26 Å². The molecule has 0 amide bonds. The number of primary sulfonamides is 1. The first-order chi connectivity index (χ1) is 12.8. The lowest BCUT2D eigenvalue weighted by molar-refractivity contribution is -0.142. The summed E-state index contributed by atoms with van der Waals surface area (Å²) in [6, 6.07) is 15.3. The second kappa shape index (κ2) is 7.34. The fraction of sp³-hybridized carbons (Fsp3) is 0.158. The maximum Gasteiger partial charge on any atom is 0.316 e. The van der Waals surface area contributed by atoms with Crippen molar-refractivity contribution < 1.29 is 22.5 Å². The Bertz CT molecular complexity index is 1060. The highest BCUT2D eigenvalue weighted by atomic mass is 32.2. The van der Waals surface area contributed by atoms with Gasteiger partial charge in [-0.1, -0.05) is 47.6 Å². The number of hydrogen-bond donors (Lipinski definition) is 1. The topological polar surface area (TPSA) is 112 Å². The normalized spacial score (nSPS) is 12.6. The van der Waals surface area contributed by atoms with Gasteiger partial charge in [0, 0.05) is 5.56 Å². The van der Waals surface area contributed by atoms with Gasteiger partial charge >= 0.3 is 5.97 Å². The van der Waals surface area contributed by atoms with E-state index in [9.17, 15) is 13.2 Å². The molecule has 27 heavy (non-hydrogen) atoms. The minimum absolute atomic E-state index is 0.00784. The summed E-state index contributed by atoms with van der Waals surface area (Å²) in [5.74, 6) is -0.815. The number of aromatic nitrogens is 1. The highest BCUT2D eigenvalue weighted by molar-refractivity contribution is 7.89. The lowest BCUT2D eigenvalue weighted by Gasteiger charge is -2.10. The highest BCUT2D eigenvalue weighted by Gasteiger charge is 2.28. The number of sulfonamides is 1. The van der Waals surface area contributed by atoms with Gasteiger partial charge in [-0.3, -0.25) is 4.79 Å². The molecule has 0 aliphatic rings. The van der Waals surface area contributed by atoms with Gasteiger partial charge in [0.15, 0.2) is 5.76 Å². The molecule has 1 unspecified atom stereocenters. The Hall–Kier alpha value is -2.97. The van der Waals surface area contributed by atoms with E-state index in [2.05, 4.69) is 5.16 Å². The molecule has 0 aliphatic carbocycles. The average Bonchev–Trinajstić information content (AvgIpc) is 3.12. The van der Waals surface area contributed by atoms with E-state index in [0.29, 0.717) is 22.6 Å². The van der Waals surface area contributed by atoms with Crippen LogP contribution in [-0.4, -0.2) is 26.7 Å². The minimum atomic E-state index is -3.81. The van der Waals surface area contributed by atoms with Crippen LogP contribution in [0.4, 0.5) is 0 Å². The Kier molecular flexibility index (Phi) is 5.11. The van der Waals surface area contributed by atoms with Gasteiger partial charge in [-0.2, -0.15) is 0 Å². The van der Waals surface area contributed by atoms with Crippen molar-refractivity contribution in [1.29, 1.82) is 0 Å². The first kappa shape index (κ1) is 18.8. The van der Waals surface area contributed by atoms with E-state index >= 15 is 0 Å². The SMILES string of the molecule is COC(=O)C(C)c1onc(-c2ccccc2)c1-c1ccc(S(N)(=O)=O)cc1. The van der Waals surface area contributed by atoms with Crippen molar-refractivity contribution in [2.45, 2.75) is 17.7 Å². The predicted molar refractivity (Wildman–Crippen MR) is 99.2 cm³/mol. The molecule has 0 aliphatic heterocycles. The summed E-state index contributed by atoms with van der Waals surface area (Å²) in [7, 11) is -2.51. The molecule has 7 nitrogen and oxygen atoms in total. The van der Waals surface area contributed by atoms with Crippen molar-refractivity contribution in [2.24, 2.45) is 5.14 Å². The van der Waals surface area contributed by atoms with Crippen molar-refractivity contribution >= 4 is 16.0 Å². The molecule has 0 bridgehead atoms. The van der Waals surface area contributed by atoms with E-state index in [0.717, 1.165) is 5.56 Å². The van der Waals surface area contributed by atoms with Gasteiger partial charge in [0.1, 0.15) is 11.6 Å². The highest BCUT2D eigenvalue weighted by Crippen LogP contribution is 2.38. The number of benzene rings is 2. The molecule has 3 aromatic rings.